The first-order chi connectivity index (χ1) is 13.2. The van der Waals surface area contributed by atoms with Crippen LogP contribution in [0.15, 0.2) is 18.2 Å². The molecule has 8 heteroatoms. The minimum absolute atomic E-state index is 0.0611. The van der Waals surface area contributed by atoms with Crippen LogP contribution in [-0.2, 0) is 30.1 Å². The quantitative estimate of drug-likeness (QED) is 0.574. The maximum atomic E-state index is 12.1. The molecule has 0 aromatic heterocycles. The minimum Gasteiger partial charge on any atom is -0.465 e. The van der Waals surface area contributed by atoms with Gasteiger partial charge < -0.3 is 24.1 Å². The lowest BCUT2D eigenvalue weighted by atomic mass is 9.77. The standard InChI is InChI=1S/C21H32BNO6/c1-19(2,3)27-17(24)13-23-12-14-9-15(18(25)26-8)11-16(10-14)22-28-20(4,5)21(6,7)29-22/h9-11,23H,12-13H2,1-8H3. The van der Waals surface area contributed by atoms with Gasteiger partial charge in [0.05, 0.1) is 30.4 Å². The fraction of sp³-hybridized carbons (Fsp3) is 0.619. The lowest BCUT2D eigenvalue weighted by molar-refractivity contribution is -0.153. The number of methoxy groups -OCH3 is 1. The number of ether oxygens (including phenoxy) is 2. The van der Waals surface area contributed by atoms with E-state index in [-0.39, 0.29) is 12.5 Å². The van der Waals surface area contributed by atoms with Crippen molar-refractivity contribution in [3.63, 3.8) is 0 Å². The second-order valence-electron chi connectivity index (χ2n) is 9.23. The van der Waals surface area contributed by atoms with Crippen molar-refractivity contribution in [1.82, 2.24) is 5.32 Å². The van der Waals surface area contributed by atoms with Gasteiger partial charge in [-0.05, 0) is 71.6 Å². The molecule has 1 aromatic rings. The van der Waals surface area contributed by atoms with Crippen molar-refractivity contribution in [3.05, 3.63) is 29.3 Å². The van der Waals surface area contributed by atoms with Crippen LogP contribution in [0, 0.1) is 0 Å². The third-order valence-corrected chi connectivity index (χ3v) is 4.98. The second-order valence-corrected chi connectivity index (χ2v) is 9.23. The molecule has 0 radical (unpaired) electrons. The average molecular weight is 405 g/mol. The number of benzene rings is 1. The van der Waals surface area contributed by atoms with Crippen LogP contribution in [0.2, 0.25) is 0 Å². The van der Waals surface area contributed by atoms with E-state index in [0.717, 1.165) is 11.0 Å². The number of rotatable bonds is 6. The summed E-state index contributed by atoms with van der Waals surface area (Å²) in [7, 11) is 0.735. The summed E-state index contributed by atoms with van der Waals surface area (Å²) in [6, 6.07) is 5.34. The van der Waals surface area contributed by atoms with E-state index in [4.69, 9.17) is 18.8 Å². The SMILES string of the molecule is COC(=O)c1cc(CNCC(=O)OC(C)(C)C)cc(B2OC(C)(C)C(C)(C)O2)c1. The zero-order chi connectivity index (χ0) is 22.0. The number of hydrogen-bond acceptors (Lipinski definition) is 7. The van der Waals surface area contributed by atoms with Gasteiger partial charge in [0.25, 0.3) is 0 Å². The van der Waals surface area contributed by atoms with E-state index in [2.05, 4.69) is 5.32 Å². The van der Waals surface area contributed by atoms with Crippen molar-refractivity contribution in [2.45, 2.75) is 71.8 Å². The molecule has 1 fully saturated rings. The van der Waals surface area contributed by atoms with Crippen LogP contribution >= 0.6 is 0 Å². The molecule has 1 saturated heterocycles. The Morgan fingerprint density at radius 1 is 1.07 bits per heavy atom. The number of hydrogen-bond donors (Lipinski definition) is 1. The van der Waals surface area contributed by atoms with Gasteiger partial charge in [-0.1, -0.05) is 6.07 Å². The zero-order valence-electron chi connectivity index (χ0n) is 18.7. The smallest absolute Gasteiger partial charge is 0.465 e. The minimum atomic E-state index is -0.603. The Balaban J connectivity index is 2.18. The normalized spacial score (nSPS) is 17.9. The maximum absolute atomic E-state index is 12.1. The van der Waals surface area contributed by atoms with Crippen LogP contribution in [0.5, 0.6) is 0 Å². The molecule has 0 amide bonds. The number of esters is 2. The Labute approximate surface area is 173 Å². The van der Waals surface area contributed by atoms with Gasteiger partial charge in [-0.3, -0.25) is 4.79 Å². The van der Waals surface area contributed by atoms with Crippen LogP contribution in [-0.4, -0.2) is 49.5 Å². The first-order valence-corrected chi connectivity index (χ1v) is 9.74. The molecule has 7 nitrogen and oxygen atoms in total. The Morgan fingerprint density at radius 3 is 2.17 bits per heavy atom. The molecule has 0 saturated carbocycles. The maximum Gasteiger partial charge on any atom is 0.494 e. The molecule has 0 spiro atoms. The molecule has 0 bridgehead atoms. The Kier molecular flexibility index (Phi) is 6.82. The topological polar surface area (TPSA) is 83.1 Å². The summed E-state index contributed by atoms with van der Waals surface area (Å²) >= 11 is 0. The van der Waals surface area contributed by atoms with E-state index < -0.39 is 29.9 Å². The summed E-state index contributed by atoms with van der Waals surface area (Å²) < 4.78 is 22.4. The molecule has 1 aromatic carbocycles. The molecule has 160 valence electrons. The van der Waals surface area contributed by atoms with Crippen molar-refractivity contribution in [2.75, 3.05) is 13.7 Å². The predicted octanol–water partition coefficient (Wildman–Crippen LogP) is 2.20. The van der Waals surface area contributed by atoms with Crippen LogP contribution in [0.3, 0.4) is 0 Å². The van der Waals surface area contributed by atoms with E-state index in [0.29, 0.717) is 12.1 Å². The molecule has 0 unspecified atom stereocenters. The van der Waals surface area contributed by atoms with Gasteiger partial charge in [0, 0.05) is 6.54 Å². The first kappa shape index (κ1) is 23.4. The molecule has 1 heterocycles. The highest BCUT2D eigenvalue weighted by molar-refractivity contribution is 6.62. The van der Waals surface area contributed by atoms with Crippen LogP contribution in [0.25, 0.3) is 0 Å². The lowest BCUT2D eigenvalue weighted by Crippen LogP contribution is -2.41. The van der Waals surface area contributed by atoms with Gasteiger partial charge in [-0.15, -0.1) is 0 Å². The lowest BCUT2D eigenvalue weighted by Gasteiger charge is -2.32. The summed E-state index contributed by atoms with van der Waals surface area (Å²) in [6.45, 7) is 13.8. The monoisotopic (exact) mass is 405 g/mol. The average Bonchev–Trinajstić information content (AvgIpc) is 2.80. The van der Waals surface area contributed by atoms with Crippen LogP contribution in [0.1, 0.15) is 64.4 Å². The van der Waals surface area contributed by atoms with E-state index >= 15 is 0 Å². The molecule has 2 rings (SSSR count). The van der Waals surface area contributed by atoms with E-state index in [1.165, 1.54) is 7.11 Å². The summed E-state index contributed by atoms with van der Waals surface area (Å²) in [4.78, 5) is 24.0. The van der Waals surface area contributed by atoms with Crippen LogP contribution in [0.4, 0.5) is 0 Å². The zero-order valence-corrected chi connectivity index (χ0v) is 18.7. The summed E-state index contributed by atoms with van der Waals surface area (Å²) in [5.74, 6) is -0.787. The van der Waals surface area contributed by atoms with Gasteiger partial charge in [-0.25, -0.2) is 4.79 Å². The van der Waals surface area contributed by atoms with E-state index in [1.54, 1.807) is 12.1 Å². The molecule has 0 atom stereocenters. The largest absolute Gasteiger partial charge is 0.494 e. The molecule has 1 N–H and O–H groups in total. The van der Waals surface area contributed by atoms with Crippen molar-refractivity contribution in [1.29, 1.82) is 0 Å². The highest BCUT2D eigenvalue weighted by Crippen LogP contribution is 2.36. The third-order valence-electron chi connectivity index (χ3n) is 4.98. The highest BCUT2D eigenvalue weighted by Gasteiger charge is 2.51. The number of carbonyl (C=O) groups excluding carboxylic acids is 2. The second kappa shape index (κ2) is 8.46. The fourth-order valence-electron chi connectivity index (χ4n) is 2.86. The Morgan fingerprint density at radius 2 is 1.66 bits per heavy atom. The van der Waals surface area contributed by atoms with E-state index in [9.17, 15) is 9.59 Å². The van der Waals surface area contributed by atoms with Gasteiger partial charge >= 0.3 is 19.1 Å². The Hall–Kier alpha value is -1.90. The predicted molar refractivity (Wildman–Crippen MR) is 111 cm³/mol. The summed E-state index contributed by atoms with van der Waals surface area (Å²) in [5, 5.41) is 3.05. The van der Waals surface area contributed by atoms with Gasteiger partial charge in [0.1, 0.15) is 5.60 Å². The van der Waals surface area contributed by atoms with Gasteiger partial charge in [0.15, 0.2) is 0 Å². The number of carbonyl (C=O) groups is 2. The van der Waals surface area contributed by atoms with Crippen molar-refractivity contribution < 1.29 is 28.4 Å². The molecule has 1 aliphatic heterocycles. The molecule has 0 aliphatic carbocycles. The molecular weight excluding hydrogens is 373 g/mol. The third kappa shape index (κ3) is 6.04. The fourth-order valence-corrected chi connectivity index (χ4v) is 2.86. The van der Waals surface area contributed by atoms with E-state index in [1.807, 2.05) is 54.5 Å². The van der Waals surface area contributed by atoms with Crippen LogP contribution < -0.4 is 10.8 Å². The molecule has 1 aliphatic rings. The van der Waals surface area contributed by atoms with Crippen molar-refractivity contribution >= 4 is 24.5 Å². The van der Waals surface area contributed by atoms with Gasteiger partial charge in [0.2, 0.25) is 0 Å². The molecular formula is C21H32BNO6. The van der Waals surface area contributed by atoms with Gasteiger partial charge in [-0.2, -0.15) is 0 Å². The Bertz CT molecular complexity index is 753. The first-order valence-electron chi connectivity index (χ1n) is 9.74. The summed E-state index contributed by atoms with van der Waals surface area (Å²) in [6.07, 6.45) is 0. The van der Waals surface area contributed by atoms with Crippen molar-refractivity contribution in [3.8, 4) is 0 Å². The number of nitrogens with one attached hydrogen (secondary N) is 1. The summed E-state index contributed by atoms with van der Waals surface area (Å²) in [5.41, 5.74) is 0.408. The highest BCUT2D eigenvalue weighted by atomic mass is 16.7. The van der Waals surface area contributed by atoms with Crippen molar-refractivity contribution in [2.24, 2.45) is 0 Å². The molecule has 29 heavy (non-hydrogen) atoms.